The predicted octanol–water partition coefficient (Wildman–Crippen LogP) is 3.99. The summed E-state index contributed by atoms with van der Waals surface area (Å²) in [6.07, 6.45) is 3.28. The zero-order valence-electron chi connectivity index (χ0n) is 11.6. The maximum Gasteiger partial charge on any atom is 0.256 e. The van der Waals surface area contributed by atoms with E-state index in [2.05, 4.69) is 4.98 Å². The molecule has 1 unspecified atom stereocenters. The molecular weight excluding hydrogens is 310 g/mol. The van der Waals surface area contributed by atoms with E-state index in [1.54, 1.807) is 17.2 Å². The highest BCUT2D eigenvalue weighted by molar-refractivity contribution is 6.33. The number of carbonyl (C=O) groups excluding carboxylic acids is 1. The summed E-state index contributed by atoms with van der Waals surface area (Å²) in [5, 5.41) is -0.0874. The Balaban J connectivity index is 1.93. The van der Waals surface area contributed by atoms with Crippen molar-refractivity contribution < 1.29 is 13.6 Å². The predicted molar refractivity (Wildman–Crippen MR) is 78.6 cm³/mol. The number of halogens is 3. The molecule has 1 aromatic heterocycles. The summed E-state index contributed by atoms with van der Waals surface area (Å²) >= 11 is 5.90. The minimum Gasteiger partial charge on any atom is -0.330 e. The van der Waals surface area contributed by atoms with E-state index in [-0.39, 0.29) is 16.6 Å². The smallest absolute Gasteiger partial charge is 0.256 e. The van der Waals surface area contributed by atoms with Crippen molar-refractivity contribution in [1.82, 2.24) is 9.88 Å². The van der Waals surface area contributed by atoms with Crippen LogP contribution in [-0.4, -0.2) is 22.3 Å². The fraction of sp³-hybridized carbons (Fsp3) is 0.250. The zero-order valence-corrected chi connectivity index (χ0v) is 12.4. The highest BCUT2D eigenvalue weighted by Gasteiger charge is 2.32. The molecule has 1 saturated heterocycles. The molecule has 0 bridgehead atoms. The number of hydrogen-bond donors (Lipinski definition) is 0. The third-order valence-electron chi connectivity index (χ3n) is 3.78. The van der Waals surface area contributed by atoms with Crippen LogP contribution in [0.4, 0.5) is 8.78 Å². The number of aromatic nitrogens is 1. The molecule has 2 heterocycles. The molecule has 1 fully saturated rings. The van der Waals surface area contributed by atoms with Crippen LogP contribution >= 0.6 is 11.6 Å². The van der Waals surface area contributed by atoms with Crippen LogP contribution in [0.5, 0.6) is 0 Å². The van der Waals surface area contributed by atoms with E-state index in [4.69, 9.17) is 11.6 Å². The summed E-state index contributed by atoms with van der Waals surface area (Å²) < 4.78 is 26.6. The second kappa shape index (κ2) is 6.01. The van der Waals surface area contributed by atoms with Crippen molar-refractivity contribution in [1.29, 1.82) is 0 Å². The van der Waals surface area contributed by atoms with Gasteiger partial charge in [0.25, 0.3) is 5.91 Å². The van der Waals surface area contributed by atoms with Gasteiger partial charge >= 0.3 is 0 Å². The lowest BCUT2D eigenvalue weighted by molar-refractivity contribution is 0.0732. The number of rotatable bonds is 2. The number of likely N-dealkylation sites (tertiary alicyclic amines) is 1. The highest BCUT2D eigenvalue weighted by atomic mass is 35.5. The molecular formula is C16H13ClF2N2O. The van der Waals surface area contributed by atoms with Gasteiger partial charge in [-0.05, 0) is 37.1 Å². The molecule has 22 heavy (non-hydrogen) atoms. The Morgan fingerprint density at radius 2 is 2.05 bits per heavy atom. The van der Waals surface area contributed by atoms with Crippen molar-refractivity contribution in [3.05, 3.63) is 64.4 Å². The van der Waals surface area contributed by atoms with Gasteiger partial charge in [-0.2, -0.15) is 0 Å². The molecule has 2 aromatic rings. The molecule has 1 aliphatic heterocycles. The van der Waals surface area contributed by atoms with Gasteiger partial charge in [-0.15, -0.1) is 0 Å². The molecule has 6 heteroatoms. The lowest BCUT2D eigenvalue weighted by Crippen LogP contribution is -2.31. The number of pyridine rings is 1. The van der Waals surface area contributed by atoms with Crippen LogP contribution in [0.25, 0.3) is 0 Å². The van der Waals surface area contributed by atoms with E-state index in [1.165, 1.54) is 0 Å². The van der Waals surface area contributed by atoms with Gasteiger partial charge in [-0.1, -0.05) is 17.7 Å². The summed E-state index contributed by atoms with van der Waals surface area (Å²) in [5.41, 5.74) is 0.760. The molecule has 0 radical (unpaired) electrons. The second-order valence-corrected chi connectivity index (χ2v) is 5.56. The summed E-state index contributed by atoms with van der Waals surface area (Å²) in [4.78, 5) is 18.5. The van der Waals surface area contributed by atoms with E-state index < -0.39 is 17.5 Å². The van der Waals surface area contributed by atoms with Gasteiger partial charge in [-0.25, -0.2) is 8.78 Å². The van der Waals surface area contributed by atoms with Crippen LogP contribution < -0.4 is 0 Å². The molecule has 1 amide bonds. The maximum absolute atomic E-state index is 13.4. The van der Waals surface area contributed by atoms with Gasteiger partial charge in [-0.3, -0.25) is 9.78 Å². The quantitative estimate of drug-likeness (QED) is 0.783. The Morgan fingerprint density at radius 1 is 1.27 bits per heavy atom. The lowest BCUT2D eigenvalue weighted by Gasteiger charge is -2.24. The Bertz CT molecular complexity index is 709. The van der Waals surface area contributed by atoms with Crippen LogP contribution in [0.15, 0.2) is 36.5 Å². The van der Waals surface area contributed by atoms with Gasteiger partial charge in [0.05, 0.1) is 22.3 Å². The number of hydrogen-bond acceptors (Lipinski definition) is 2. The standard InChI is InChI=1S/C16H13ClF2N2O/c17-11-9-13(19)12(18)8-10(11)16(22)21-7-3-5-15(21)14-4-1-2-6-20-14/h1-2,4,6,8-9,15H,3,5,7H2. The summed E-state index contributed by atoms with van der Waals surface area (Å²) in [7, 11) is 0. The minimum atomic E-state index is -1.08. The van der Waals surface area contributed by atoms with Gasteiger partial charge in [0, 0.05) is 12.7 Å². The third-order valence-corrected chi connectivity index (χ3v) is 4.10. The molecule has 1 atom stereocenters. The van der Waals surface area contributed by atoms with Crippen molar-refractivity contribution in [2.75, 3.05) is 6.54 Å². The Kier molecular flexibility index (Phi) is 4.07. The van der Waals surface area contributed by atoms with Crippen molar-refractivity contribution >= 4 is 17.5 Å². The minimum absolute atomic E-state index is 0.0246. The van der Waals surface area contributed by atoms with E-state index in [0.717, 1.165) is 30.7 Å². The number of amides is 1. The molecule has 114 valence electrons. The average molecular weight is 323 g/mol. The molecule has 3 nitrogen and oxygen atoms in total. The Hall–Kier alpha value is -2.01. The fourth-order valence-corrected chi connectivity index (χ4v) is 2.96. The first-order valence-corrected chi connectivity index (χ1v) is 7.32. The van der Waals surface area contributed by atoms with Crippen LogP contribution in [0.3, 0.4) is 0 Å². The van der Waals surface area contributed by atoms with Crippen molar-refractivity contribution in [2.45, 2.75) is 18.9 Å². The summed E-state index contributed by atoms with van der Waals surface area (Å²) in [5.74, 6) is -2.55. The highest BCUT2D eigenvalue weighted by Crippen LogP contribution is 2.33. The molecule has 0 saturated carbocycles. The van der Waals surface area contributed by atoms with Crippen LogP contribution in [0, 0.1) is 11.6 Å². The molecule has 3 rings (SSSR count). The number of nitrogens with zero attached hydrogens (tertiary/aromatic N) is 2. The van der Waals surface area contributed by atoms with E-state index in [0.29, 0.717) is 6.54 Å². The molecule has 1 aromatic carbocycles. The number of benzene rings is 1. The Morgan fingerprint density at radius 3 is 2.77 bits per heavy atom. The van der Waals surface area contributed by atoms with Crippen LogP contribution in [-0.2, 0) is 0 Å². The molecule has 0 N–H and O–H groups in total. The molecule has 0 spiro atoms. The first kappa shape index (κ1) is 14.9. The van der Waals surface area contributed by atoms with Crippen molar-refractivity contribution in [2.24, 2.45) is 0 Å². The SMILES string of the molecule is O=C(c1cc(F)c(F)cc1Cl)N1CCCC1c1ccccn1. The lowest BCUT2D eigenvalue weighted by atomic mass is 10.1. The van der Waals surface area contributed by atoms with E-state index in [1.807, 2.05) is 12.1 Å². The molecule has 0 aliphatic carbocycles. The van der Waals surface area contributed by atoms with Crippen LogP contribution in [0.2, 0.25) is 5.02 Å². The zero-order chi connectivity index (χ0) is 15.7. The van der Waals surface area contributed by atoms with E-state index in [9.17, 15) is 13.6 Å². The van der Waals surface area contributed by atoms with Gasteiger partial charge in [0.15, 0.2) is 11.6 Å². The van der Waals surface area contributed by atoms with Gasteiger partial charge in [0.2, 0.25) is 0 Å². The van der Waals surface area contributed by atoms with E-state index >= 15 is 0 Å². The van der Waals surface area contributed by atoms with Gasteiger partial charge < -0.3 is 4.90 Å². The number of carbonyl (C=O) groups is 1. The maximum atomic E-state index is 13.4. The normalized spacial score (nSPS) is 17.8. The molecule has 1 aliphatic rings. The van der Waals surface area contributed by atoms with Crippen molar-refractivity contribution in [3.8, 4) is 0 Å². The third kappa shape index (κ3) is 2.68. The first-order valence-electron chi connectivity index (χ1n) is 6.94. The topological polar surface area (TPSA) is 33.2 Å². The van der Waals surface area contributed by atoms with Crippen molar-refractivity contribution in [3.63, 3.8) is 0 Å². The monoisotopic (exact) mass is 322 g/mol. The summed E-state index contributed by atoms with van der Waals surface area (Å²) in [6.45, 7) is 0.537. The first-order chi connectivity index (χ1) is 10.6. The Labute approximate surface area is 131 Å². The second-order valence-electron chi connectivity index (χ2n) is 5.16. The largest absolute Gasteiger partial charge is 0.330 e. The van der Waals surface area contributed by atoms with Crippen LogP contribution in [0.1, 0.15) is 34.9 Å². The summed E-state index contributed by atoms with van der Waals surface area (Å²) in [6, 6.07) is 7.02. The fourth-order valence-electron chi connectivity index (χ4n) is 2.73. The average Bonchev–Trinajstić information content (AvgIpc) is 3.00. The van der Waals surface area contributed by atoms with Gasteiger partial charge in [0.1, 0.15) is 0 Å².